The quantitative estimate of drug-likeness (QED) is 0.816. The van der Waals surface area contributed by atoms with Gasteiger partial charge < -0.3 is 9.84 Å². The lowest BCUT2D eigenvalue weighted by Crippen LogP contribution is -2.12. The van der Waals surface area contributed by atoms with Crippen LogP contribution < -0.4 is 0 Å². The largest absolute Gasteiger partial charge is 0.394 e. The normalized spacial score (nSPS) is 18.8. The van der Waals surface area contributed by atoms with Crippen LogP contribution in [0.2, 0.25) is 0 Å². The molecule has 2 unspecified atom stereocenters. The van der Waals surface area contributed by atoms with Crippen LogP contribution in [0.1, 0.15) is 65.0 Å². The van der Waals surface area contributed by atoms with Crippen LogP contribution in [0.15, 0.2) is 18.7 Å². The molecule has 4 heteroatoms. The van der Waals surface area contributed by atoms with E-state index in [0.29, 0.717) is 21.8 Å². The molecule has 1 saturated heterocycles. The molecule has 0 aliphatic carbocycles. The van der Waals surface area contributed by atoms with Gasteiger partial charge in [0.15, 0.2) is 0 Å². The average molecular weight is 311 g/mol. The Kier molecular flexibility index (Phi) is 13.5. The molecule has 0 amide bonds. The Labute approximate surface area is 134 Å². The maximum Gasteiger partial charge on any atom is 0.101 e. The van der Waals surface area contributed by atoms with Crippen molar-refractivity contribution in [1.29, 1.82) is 0 Å². The van der Waals surface area contributed by atoms with E-state index in [0.717, 1.165) is 12.8 Å². The van der Waals surface area contributed by atoms with Crippen molar-refractivity contribution in [3.8, 4) is 12.8 Å². The van der Waals surface area contributed by atoms with Crippen molar-refractivity contribution < 1.29 is 14.3 Å². The van der Waals surface area contributed by atoms with E-state index in [4.69, 9.17) is 9.84 Å². The number of hydrogen-bond acceptors (Lipinski definition) is 2. The predicted molar refractivity (Wildman–Crippen MR) is 92.2 cm³/mol. The van der Waals surface area contributed by atoms with Crippen LogP contribution in [0, 0.1) is 12.8 Å². The zero-order valence-electron chi connectivity index (χ0n) is 14.5. The van der Waals surface area contributed by atoms with E-state index < -0.39 is 0 Å². The van der Waals surface area contributed by atoms with Crippen LogP contribution in [0.25, 0.3) is 5.57 Å². The molecule has 1 aliphatic rings. The van der Waals surface area contributed by atoms with E-state index in [1.807, 2.05) is 27.7 Å². The summed E-state index contributed by atoms with van der Waals surface area (Å²) in [5, 5.41) is 8.95. The summed E-state index contributed by atoms with van der Waals surface area (Å²) < 4.78 is 19.4. The summed E-state index contributed by atoms with van der Waals surface area (Å²) >= 11 is 0. The molecule has 0 bridgehead atoms. The minimum Gasteiger partial charge on any atom is -0.394 e. The topological polar surface area (TPSA) is 34.4 Å². The third-order valence-corrected chi connectivity index (χ3v) is 2.93. The van der Waals surface area contributed by atoms with Gasteiger partial charge in [-0.1, -0.05) is 38.8 Å². The number of halogens is 1. The lowest BCUT2D eigenvalue weighted by molar-refractivity contribution is 0.00499. The second-order valence-electron chi connectivity index (χ2n) is 4.21. The molecule has 2 heterocycles. The summed E-state index contributed by atoms with van der Waals surface area (Å²) in [5.74, 6) is 0. The molecule has 0 radical (unpaired) electrons. The summed E-state index contributed by atoms with van der Waals surface area (Å²) in [4.78, 5) is 0.632. The average Bonchev–Trinajstić information content (AvgIpc) is 3.19. The Morgan fingerprint density at radius 1 is 1.32 bits per heavy atom. The van der Waals surface area contributed by atoms with E-state index in [2.05, 4.69) is 19.4 Å². The summed E-state index contributed by atoms with van der Waals surface area (Å²) in [6, 6.07) is 3.42. The standard InChI is InChI=1S/C12H16FNO2.2C2H6.C2H2/c1-8(2)10-4-5-11(14(10)13)12-6-3-9(7-15)16-12;3*1-2/h4-5,9,12,15H,1,3,6-7H2,2H3;2*1-2H3;1-2H. The van der Waals surface area contributed by atoms with Gasteiger partial charge in [-0.05, 0) is 37.5 Å². The van der Waals surface area contributed by atoms with Crippen LogP contribution >= 0.6 is 0 Å². The number of allylic oxidation sites excluding steroid dienone is 1. The van der Waals surface area contributed by atoms with Crippen molar-refractivity contribution in [3.05, 3.63) is 30.1 Å². The second-order valence-corrected chi connectivity index (χ2v) is 4.21. The number of aliphatic hydroxyl groups excluding tert-OH is 1. The highest BCUT2D eigenvalue weighted by Crippen LogP contribution is 2.34. The number of aliphatic hydroxyl groups is 1. The molecule has 2 atom stereocenters. The fraction of sp³-hybridized carbons (Fsp3) is 0.556. The second kappa shape index (κ2) is 13.1. The minimum absolute atomic E-state index is 0.00314. The fourth-order valence-electron chi connectivity index (χ4n) is 2.04. The van der Waals surface area contributed by atoms with Crippen LogP contribution in [-0.2, 0) is 4.74 Å². The first kappa shape index (κ1) is 22.7. The van der Waals surface area contributed by atoms with Crippen molar-refractivity contribution in [2.75, 3.05) is 6.61 Å². The Morgan fingerprint density at radius 2 is 1.86 bits per heavy atom. The van der Waals surface area contributed by atoms with Gasteiger partial charge in [0.25, 0.3) is 0 Å². The minimum atomic E-state index is -0.254. The summed E-state index contributed by atoms with van der Waals surface area (Å²) in [6.07, 6.45) is 9.10. The zero-order valence-corrected chi connectivity index (χ0v) is 14.5. The highest BCUT2D eigenvalue weighted by atomic mass is 19.2. The molecule has 0 spiro atoms. The molecule has 22 heavy (non-hydrogen) atoms. The van der Waals surface area contributed by atoms with Crippen molar-refractivity contribution in [3.63, 3.8) is 0 Å². The lowest BCUT2D eigenvalue weighted by Gasteiger charge is -2.12. The third-order valence-electron chi connectivity index (χ3n) is 2.93. The van der Waals surface area contributed by atoms with Crippen molar-refractivity contribution in [1.82, 2.24) is 4.79 Å². The first-order valence-electron chi connectivity index (χ1n) is 7.76. The molecule has 1 aromatic heterocycles. The first-order chi connectivity index (χ1) is 10.6. The Bertz CT molecular complexity index is 438. The maximum absolute atomic E-state index is 13.9. The molecular formula is C18H30FNO2. The molecule has 1 fully saturated rings. The summed E-state index contributed by atoms with van der Waals surface area (Å²) in [6.45, 7) is 13.5. The van der Waals surface area contributed by atoms with E-state index in [9.17, 15) is 4.48 Å². The highest BCUT2D eigenvalue weighted by Gasteiger charge is 2.29. The van der Waals surface area contributed by atoms with Gasteiger partial charge in [-0.15, -0.1) is 12.8 Å². The van der Waals surface area contributed by atoms with E-state index in [1.165, 1.54) is 0 Å². The van der Waals surface area contributed by atoms with Gasteiger partial charge in [0.1, 0.15) is 6.10 Å². The predicted octanol–water partition coefficient (Wildman–Crippen LogP) is 4.77. The molecular weight excluding hydrogens is 281 g/mol. The Balaban J connectivity index is 0. The van der Waals surface area contributed by atoms with Gasteiger partial charge in [0.05, 0.1) is 24.1 Å². The van der Waals surface area contributed by atoms with Crippen LogP contribution in [0.4, 0.5) is 4.48 Å². The van der Waals surface area contributed by atoms with E-state index >= 15 is 0 Å². The first-order valence-corrected chi connectivity index (χ1v) is 7.76. The fourth-order valence-corrected chi connectivity index (χ4v) is 2.04. The van der Waals surface area contributed by atoms with Crippen molar-refractivity contribution in [2.24, 2.45) is 0 Å². The molecule has 1 N–H and O–H groups in total. The number of nitrogens with zero attached hydrogens (tertiary/aromatic N) is 1. The number of rotatable bonds is 3. The number of aromatic nitrogens is 1. The van der Waals surface area contributed by atoms with Gasteiger partial charge in [-0.25, -0.2) is 0 Å². The monoisotopic (exact) mass is 311 g/mol. The Hall–Kier alpha value is -1.57. The van der Waals surface area contributed by atoms with Gasteiger partial charge >= 0.3 is 0 Å². The smallest absolute Gasteiger partial charge is 0.101 e. The molecule has 126 valence electrons. The SMILES string of the molecule is C#C.C=C(C)c1ccc(C2CCC(CO)O2)n1F.CC.CC. The number of hydrogen-bond donors (Lipinski definition) is 1. The van der Waals surface area contributed by atoms with Gasteiger partial charge in [-0.3, -0.25) is 0 Å². The van der Waals surface area contributed by atoms with Crippen LogP contribution in [-0.4, -0.2) is 22.6 Å². The van der Waals surface area contributed by atoms with Gasteiger partial charge in [0.2, 0.25) is 0 Å². The molecule has 3 nitrogen and oxygen atoms in total. The molecule has 2 rings (SSSR count). The molecule has 1 aliphatic heterocycles. The summed E-state index contributed by atoms with van der Waals surface area (Å²) in [5.41, 5.74) is 1.67. The van der Waals surface area contributed by atoms with Crippen LogP contribution in [0.3, 0.4) is 0 Å². The van der Waals surface area contributed by atoms with Crippen LogP contribution in [0.5, 0.6) is 0 Å². The van der Waals surface area contributed by atoms with Gasteiger partial charge in [0, 0.05) is 0 Å². The molecule has 0 aromatic carbocycles. The van der Waals surface area contributed by atoms with Gasteiger partial charge in [-0.2, -0.15) is 4.79 Å². The van der Waals surface area contributed by atoms with E-state index in [1.54, 1.807) is 19.1 Å². The zero-order chi connectivity index (χ0) is 17.7. The van der Waals surface area contributed by atoms with Crippen molar-refractivity contribution >= 4 is 5.57 Å². The Morgan fingerprint density at radius 3 is 2.23 bits per heavy atom. The number of ether oxygens (including phenoxy) is 1. The highest BCUT2D eigenvalue weighted by molar-refractivity contribution is 5.58. The maximum atomic E-state index is 13.9. The van der Waals surface area contributed by atoms with E-state index in [-0.39, 0.29) is 18.8 Å². The summed E-state index contributed by atoms with van der Waals surface area (Å²) in [7, 11) is 0. The van der Waals surface area contributed by atoms with Crippen molar-refractivity contribution in [2.45, 2.75) is 59.7 Å². The molecule has 1 aromatic rings. The lowest BCUT2D eigenvalue weighted by atomic mass is 10.1. The molecule has 0 saturated carbocycles. The number of terminal acetylenes is 1. The third kappa shape index (κ3) is 6.05.